The van der Waals surface area contributed by atoms with Crippen molar-refractivity contribution in [2.24, 2.45) is 11.1 Å². The first-order valence-electron chi connectivity index (χ1n) is 4.50. The van der Waals surface area contributed by atoms with Crippen molar-refractivity contribution in [2.75, 3.05) is 33.7 Å². The molecule has 0 radical (unpaired) electrons. The van der Waals surface area contributed by atoms with Gasteiger partial charge < -0.3 is 11.1 Å². The zero-order valence-electron chi connectivity index (χ0n) is 9.05. The maximum Gasteiger partial charge on any atom is 0.233 e. The van der Waals surface area contributed by atoms with Crippen LogP contribution in [0.15, 0.2) is 0 Å². The van der Waals surface area contributed by atoms with E-state index in [-0.39, 0.29) is 11.3 Å². The van der Waals surface area contributed by atoms with Crippen molar-refractivity contribution >= 4 is 5.91 Å². The van der Waals surface area contributed by atoms with Crippen molar-refractivity contribution in [1.29, 1.82) is 0 Å². The Balaban J connectivity index is 3.86. The first kappa shape index (κ1) is 12.4. The molecule has 4 heteroatoms. The summed E-state index contributed by atoms with van der Waals surface area (Å²) < 4.78 is 0. The number of amides is 1. The maximum atomic E-state index is 11.0. The fourth-order valence-corrected chi connectivity index (χ4v) is 1.18. The lowest BCUT2D eigenvalue weighted by Gasteiger charge is -2.28. The molecular weight excluding hydrogens is 166 g/mol. The third kappa shape index (κ3) is 5.60. The molecule has 3 N–H and O–H groups in total. The molecule has 0 aromatic rings. The minimum atomic E-state index is 0.0373. The first-order chi connectivity index (χ1) is 5.91. The monoisotopic (exact) mass is 187 g/mol. The van der Waals surface area contributed by atoms with Gasteiger partial charge in [-0.1, -0.05) is 13.8 Å². The molecule has 0 spiro atoms. The Bertz CT molecular complexity index is 168. The van der Waals surface area contributed by atoms with Crippen molar-refractivity contribution in [3.8, 4) is 0 Å². The fraction of sp³-hybridized carbons (Fsp3) is 0.889. The number of carbonyl (C=O) groups is 1. The molecule has 1 amide bonds. The van der Waals surface area contributed by atoms with E-state index in [4.69, 9.17) is 5.73 Å². The minimum absolute atomic E-state index is 0.0373. The summed E-state index contributed by atoms with van der Waals surface area (Å²) in [5.74, 6) is 0.0373. The van der Waals surface area contributed by atoms with Gasteiger partial charge in [0.2, 0.25) is 5.91 Å². The molecular formula is C9H21N3O. The Morgan fingerprint density at radius 1 is 1.54 bits per heavy atom. The average Bonchev–Trinajstić information content (AvgIpc) is 2.03. The molecule has 0 atom stereocenters. The standard InChI is InChI=1S/C9H21N3O/c1-9(2,6-10)7-12(4)5-8(13)11-3/h5-7,10H2,1-4H3,(H,11,13). The maximum absolute atomic E-state index is 11.0. The smallest absolute Gasteiger partial charge is 0.233 e. The van der Waals surface area contributed by atoms with Gasteiger partial charge in [-0.3, -0.25) is 9.69 Å². The van der Waals surface area contributed by atoms with Crippen LogP contribution in [0, 0.1) is 5.41 Å². The van der Waals surface area contributed by atoms with Gasteiger partial charge in [0, 0.05) is 13.6 Å². The Kier molecular flexibility index (Phi) is 4.95. The van der Waals surface area contributed by atoms with Gasteiger partial charge in [0.1, 0.15) is 0 Å². The highest BCUT2D eigenvalue weighted by Crippen LogP contribution is 2.13. The third-order valence-corrected chi connectivity index (χ3v) is 1.94. The molecule has 0 aromatic carbocycles. The Labute approximate surface area is 80.5 Å². The molecule has 0 unspecified atom stereocenters. The molecule has 0 saturated heterocycles. The molecule has 0 aliphatic carbocycles. The zero-order valence-corrected chi connectivity index (χ0v) is 9.05. The molecule has 13 heavy (non-hydrogen) atoms. The van der Waals surface area contributed by atoms with Crippen LogP contribution in [-0.2, 0) is 4.79 Å². The molecule has 0 heterocycles. The van der Waals surface area contributed by atoms with Gasteiger partial charge in [0.25, 0.3) is 0 Å². The van der Waals surface area contributed by atoms with E-state index in [1.165, 1.54) is 0 Å². The van der Waals surface area contributed by atoms with Crippen LogP contribution in [0.3, 0.4) is 0 Å². The zero-order chi connectivity index (χ0) is 10.5. The normalized spacial score (nSPS) is 11.8. The SMILES string of the molecule is CNC(=O)CN(C)CC(C)(C)CN. The van der Waals surface area contributed by atoms with Gasteiger partial charge in [-0.2, -0.15) is 0 Å². The van der Waals surface area contributed by atoms with E-state index in [1.54, 1.807) is 7.05 Å². The van der Waals surface area contributed by atoms with Crippen LogP contribution in [0.4, 0.5) is 0 Å². The summed E-state index contributed by atoms with van der Waals surface area (Å²) in [5.41, 5.74) is 5.66. The summed E-state index contributed by atoms with van der Waals surface area (Å²) in [5, 5.41) is 2.59. The number of hydrogen-bond acceptors (Lipinski definition) is 3. The Morgan fingerprint density at radius 3 is 2.46 bits per heavy atom. The van der Waals surface area contributed by atoms with E-state index in [2.05, 4.69) is 19.2 Å². The molecule has 0 aliphatic heterocycles. The van der Waals surface area contributed by atoms with E-state index in [1.807, 2.05) is 11.9 Å². The van der Waals surface area contributed by atoms with E-state index >= 15 is 0 Å². The summed E-state index contributed by atoms with van der Waals surface area (Å²) >= 11 is 0. The molecule has 0 aromatic heterocycles. The average molecular weight is 187 g/mol. The van der Waals surface area contributed by atoms with Crippen LogP contribution in [0.1, 0.15) is 13.8 Å². The van der Waals surface area contributed by atoms with Crippen molar-refractivity contribution < 1.29 is 4.79 Å². The van der Waals surface area contributed by atoms with Crippen molar-refractivity contribution in [3.63, 3.8) is 0 Å². The number of carbonyl (C=O) groups excluding carboxylic acids is 1. The molecule has 78 valence electrons. The molecule has 4 nitrogen and oxygen atoms in total. The van der Waals surface area contributed by atoms with Crippen LogP contribution in [-0.4, -0.2) is 44.5 Å². The molecule has 0 saturated carbocycles. The second kappa shape index (κ2) is 5.19. The second-order valence-electron chi connectivity index (χ2n) is 4.21. The fourth-order valence-electron chi connectivity index (χ4n) is 1.18. The number of likely N-dealkylation sites (N-methyl/N-ethyl adjacent to an activating group) is 2. The number of nitrogens with zero attached hydrogens (tertiary/aromatic N) is 1. The lowest BCUT2D eigenvalue weighted by molar-refractivity contribution is -0.121. The largest absolute Gasteiger partial charge is 0.358 e. The predicted octanol–water partition coefficient (Wildman–Crippen LogP) is -0.351. The summed E-state index contributed by atoms with van der Waals surface area (Å²) in [6.45, 7) is 6.07. The summed E-state index contributed by atoms with van der Waals surface area (Å²) in [6.07, 6.45) is 0. The van der Waals surface area contributed by atoms with Crippen LogP contribution in [0.2, 0.25) is 0 Å². The van der Waals surface area contributed by atoms with E-state index < -0.39 is 0 Å². The number of nitrogens with one attached hydrogen (secondary N) is 1. The summed E-state index contributed by atoms with van der Waals surface area (Å²) in [4.78, 5) is 13.0. The predicted molar refractivity (Wildman–Crippen MR) is 54.4 cm³/mol. The lowest BCUT2D eigenvalue weighted by atomic mass is 9.93. The van der Waals surface area contributed by atoms with Crippen LogP contribution in [0.5, 0.6) is 0 Å². The van der Waals surface area contributed by atoms with E-state index in [0.717, 1.165) is 6.54 Å². The number of hydrogen-bond donors (Lipinski definition) is 2. The quantitative estimate of drug-likeness (QED) is 0.618. The molecule has 0 aliphatic rings. The van der Waals surface area contributed by atoms with Gasteiger partial charge in [-0.25, -0.2) is 0 Å². The van der Waals surface area contributed by atoms with Crippen LogP contribution >= 0.6 is 0 Å². The third-order valence-electron chi connectivity index (χ3n) is 1.94. The highest BCUT2D eigenvalue weighted by Gasteiger charge is 2.18. The van der Waals surface area contributed by atoms with Gasteiger partial charge >= 0.3 is 0 Å². The highest BCUT2D eigenvalue weighted by atomic mass is 16.1. The van der Waals surface area contributed by atoms with Crippen molar-refractivity contribution in [3.05, 3.63) is 0 Å². The first-order valence-corrected chi connectivity index (χ1v) is 4.50. The van der Waals surface area contributed by atoms with Crippen molar-refractivity contribution in [1.82, 2.24) is 10.2 Å². The Hall–Kier alpha value is -0.610. The van der Waals surface area contributed by atoms with Gasteiger partial charge in [0.15, 0.2) is 0 Å². The van der Waals surface area contributed by atoms with Crippen LogP contribution in [0.25, 0.3) is 0 Å². The second-order valence-corrected chi connectivity index (χ2v) is 4.21. The number of nitrogens with two attached hydrogens (primary N) is 1. The Morgan fingerprint density at radius 2 is 2.08 bits per heavy atom. The molecule has 0 bridgehead atoms. The van der Waals surface area contributed by atoms with Gasteiger partial charge in [-0.15, -0.1) is 0 Å². The van der Waals surface area contributed by atoms with Gasteiger partial charge in [-0.05, 0) is 19.0 Å². The summed E-state index contributed by atoms with van der Waals surface area (Å²) in [6, 6.07) is 0. The summed E-state index contributed by atoms with van der Waals surface area (Å²) in [7, 11) is 3.57. The lowest BCUT2D eigenvalue weighted by Crippen LogP contribution is -2.41. The topological polar surface area (TPSA) is 58.4 Å². The number of rotatable bonds is 5. The van der Waals surface area contributed by atoms with Crippen LogP contribution < -0.4 is 11.1 Å². The van der Waals surface area contributed by atoms with E-state index in [9.17, 15) is 4.79 Å². The minimum Gasteiger partial charge on any atom is -0.358 e. The molecule has 0 rings (SSSR count). The van der Waals surface area contributed by atoms with Crippen molar-refractivity contribution in [2.45, 2.75) is 13.8 Å². The molecule has 0 fully saturated rings. The highest BCUT2D eigenvalue weighted by molar-refractivity contribution is 5.77. The van der Waals surface area contributed by atoms with Gasteiger partial charge in [0.05, 0.1) is 6.54 Å². The van der Waals surface area contributed by atoms with E-state index in [0.29, 0.717) is 13.1 Å².